The van der Waals surface area contributed by atoms with E-state index >= 15 is 0 Å². The van der Waals surface area contributed by atoms with Crippen molar-refractivity contribution in [1.29, 1.82) is 0 Å². The monoisotopic (exact) mass is 296 g/mol. The Morgan fingerprint density at radius 1 is 1.05 bits per heavy atom. The summed E-state index contributed by atoms with van der Waals surface area (Å²) in [5.41, 5.74) is 2.54. The number of aromatic nitrogens is 3. The number of hydrogen-bond donors (Lipinski definition) is 3. The molecule has 0 aromatic carbocycles. The first-order valence-corrected chi connectivity index (χ1v) is 5.78. The summed E-state index contributed by atoms with van der Waals surface area (Å²) in [4.78, 5) is 17.3. The fourth-order valence-electron chi connectivity index (χ4n) is 1.09. The second-order valence-electron chi connectivity index (χ2n) is 3.39. The van der Waals surface area contributed by atoms with Crippen LogP contribution in [0.5, 0.6) is 0 Å². The van der Waals surface area contributed by atoms with Crippen LogP contribution in [0.2, 0.25) is 0 Å². The number of nitrogens with one attached hydrogen (secondary N) is 3. The molecule has 0 bridgehead atoms. The van der Waals surface area contributed by atoms with Crippen LogP contribution in [0.1, 0.15) is 13.3 Å². The van der Waals surface area contributed by atoms with Crippen LogP contribution in [-0.4, -0.2) is 34.6 Å². The van der Waals surface area contributed by atoms with E-state index < -0.39 is 0 Å². The van der Waals surface area contributed by atoms with E-state index in [-0.39, 0.29) is 25.0 Å². The largest absolute Gasteiger partial charge is 0.354 e. The van der Waals surface area contributed by atoms with Gasteiger partial charge < -0.3 is 10.6 Å². The normalized spacial score (nSPS) is 8.75. The number of nitrogens with zero attached hydrogens (tertiary/aromatic N) is 3. The van der Waals surface area contributed by atoms with Crippen LogP contribution in [0.25, 0.3) is 0 Å². The van der Waals surface area contributed by atoms with Gasteiger partial charge in [-0.15, -0.1) is 25.3 Å². The molecule has 0 amide bonds. The lowest BCUT2D eigenvalue weighted by Crippen LogP contribution is -2.13. The van der Waals surface area contributed by atoms with Crippen molar-refractivity contribution in [2.24, 2.45) is 0 Å². The van der Waals surface area contributed by atoms with Crippen LogP contribution in [0.15, 0.2) is 0 Å². The maximum atomic E-state index is 5.17. The first-order valence-electron chi connectivity index (χ1n) is 5.78. The number of hydrogen-bond acceptors (Lipinski definition) is 7. The smallest absolute Gasteiger partial charge is 0.253 e. The van der Waals surface area contributed by atoms with Gasteiger partial charge in [-0.05, 0) is 6.42 Å². The predicted molar refractivity (Wildman–Crippen MR) is 81.6 cm³/mol. The van der Waals surface area contributed by atoms with Gasteiger partial charge in [0.2, 0.25) is 11.9 Å². The molecular weight excluding hydrogens is 280 g/mol. The molecule has 8 heteroatoms. The van der Waals surface area contributed by atoms with Crippen molar-refractivity contribution in [3.63, 3.8) is 0 Å². The van der Waals surface area contributed by atoms with Crippen molar-refractivity contribution < 1.29 is 4.84 Å². The molecule has 0 saturated heterocycles. The van der Waals surface area contributed by atoms with Gasteiger partial charge in [-0.3, -0.25) is 4.84 Å². The number of rotatable bonds is 8. The average molecular weight is 297 g/mol. The third kappa shape index (κ3) is 6.64. The molecule has 0 aliphatic heterocycles. The summed E-state index contributed by atoms with van der Waals surface area (Å²) in [5, 5.41) is 5.92. The van der Waals surface area contributed by atoms with Crippen molar-refractivity contribution in [3.05, 3.63) is 0 Å². The van der Waals surface area contributed by atoms with E-state index in [1.807, 2.05) is 6.92 Å². The van der Waals surface area contributed by atoms with E-state index in [1.54, 1.807) is 0 Å². The third-order valence-corrected chi connectivity index (χ3v) is 1.84. The van der Waals surface area contributed by atoms with Crippen molar-refractivity contribution in [2.45, 2.75) is 13.3 Å². The first kappa shape index (κ1) is 17.8. The van der Waals surface area contributed by atoms with Crippen LogP contribution in [0, 0.1) is 24.7 Å². The van der Waals surface area contributed by atoms with Crippen LogP contribution < -0.4 is 16.1 Å². The van der Waals surface area contributed by atoms with Crippen molar-refractivity contribution in [3.8, 4) is 24.7 Å². The Morgan fingerprint density at radius 2 is 1.70 bits per heavy atom. The Balaban J connectivity index is 0.00000361. The molecular formula is C12H17ClN6O. The van der Waals surface area contributed by atoms with Gasteiger partial charge in [0.05, 0.1) is 6.54 Å². The van der Waals surface area contributed by atoms with Gasteiger partial charge in [0.1, 0.15) is 6.61 Å². The summed E-state index contributed by atoms with van der Waals surface area (Å²) in [6, 6.07) is 0. The van der Waals surface area contributed by atoms with Crippen molar-refractivity contribution in [1.82, 2.24) is 15.0 Å². The lowest BCUT2D eigenvalue weighted by atomic mass is 10.5. The van der Waals surface area contributed by atoms with Gasteiger partial charge in [0.15, 0.2) is 0 Å². The molecule has 0 fully saturated rings. The zero-order valence-corrected chi connectivity index (χ0v) is 12.0. The van der Waals surface area contributed by atoms with Crippen LogP contribution >= 0.6 is 12.4 Å². The quantitative estimate of drug-likeness (QED) is 0.377. The SMILES string of the molecule is C#CCNc1nc(NCCC)nc(NOCC#C)n1.Cl. The molecule has 0 aliphatic carbocycles. The summed E-state index contributed by atoms with van der Waals surface area (Å²) in [6.07, 6.45) is 11.2. The van der Waals surface area contributed by atoms with Crippen LogP contribution in [0.4, 0.5) is 17.8 Å². The fraction of sp³-hybridized carbons (Fsp3) is 0.417. The Kier molecular flexibility index (Phi) is 9.49. The van der Waals surface area contributed by atoms with E-state index in [1.165, 1.54) is 0 Å². The van der Waals surface area contributed by atoms with E-state index in [4.69, 9.17) is 17.7 Å². The Morgan fingerprint density at radius 3 is 2.30 bits per heavy atom. The van der Waals surface area contributed by atoms with Crippen LogP contribution in [0.3, 0.4) is 0 Å². The lowest BCUT2D eigenvalue weighted by molar-refractivity contribution is 0.230. The summed E-state index contributed by atoms with van der Waals surface area (Å²) >= 11 is 0. The molecule has 0 saturated carbocycles. The number of terminal acetylenes is 2. The molecule has 1 heterocycles. The van der Waals surface area contributed by atoms with Gasteiger partial charge in [0, 0.05) is 6.54 Å². The molecule has 1 rings (SSSR count). The second kappa shape index (κ2) is 10.7. The van der Waals surface area contributed by atoms with Crippen molar-refractivity contribution in [2.75, 3.05) is 35.8 Å². The molecule has 1 aromatic rings. The minimum atomic E-state index is 0. The maximum Gasteiger partial charge on any atom is 0.253 e. The van der Waals surface area contributed by atoms with E-state index in [9.17, 15) is 0 Å². The highest BCUT2D eigenvalue weighted by Gasteiger charge is 2.05. The molecule has 0 radical (unpaired) electrons. The molecule has 0 spiro atoms. The van der Waals surface area contributed by atoms with Gasteiger partial charge >= 0.3 is 0 Å². The second-order valence-corrected chi connectivity index (χ2v) is 3.39. The van der Waals surface area contributed by atoms with E-state index in [2.05, 4.69) is 42.9 Å². The van der Waals surface area contributed by atoms with Gasteiger partial charge in [-0.2, -0.15) is 15.0 Å². The molecule has 7 nitrogen and oxygen atoms in total. The van der Waals surface area contributed by atoms with Gasteiger partial charge in [-0.25, -0.2) is 5.48 Å². The highest BCUT2D eigenvalue weighted by molar-refractivity contribution is 5.85. The standard InChI is InChI=1S/C12H16N6O.ClH/c1-4-7-13-10-15-11(14-8-5-2)17-12(16-10)18-19-9-6-3;/h1,3H,5,7-9H2,2H3,(H3,13,14,15,16,17,18);1H. The van der Waals surface area contributed by atoms with Crippen molar-refractivity contribution >= 4 is 30.3 Å². The maximum absolute atomic E-state index is 5.17. The number of halogens is 1. The van der Waals surface area contributed by atoms with Gasteiger partial charge in [-0.1, -0.05) is 18.8 Å². The first-order chi connectivity index (χ1) is 9.30. The summed E-state index contributed by atoms with van der Waals surface area (Å²) in [5.74, 6) is 5.81. The summed E-state index contributed by atoms with van der Waals surface area (Å²) < 4.78 is 0. The van der Waals surface area contributed by atoms with Crippen LogP contribution in [-0.2, 0) is 4.84 Å². The fourth-order valence-corrected chi connectivity index (χ4v) is 1.09. The Hall–Kier alpha value is -2.22. The summed E-state index contributed by atoms with van der Waals surface area (Å²) in [7, 11) is 0. The molecule has 20 heavy (non-hydrogen) atoms. The highest BCUT2D eigenvalue weighted by atomic mass is 35.5. The minimum absolute atomic E-state index is 0. The third-order valence-electron chi connectivity index (χ3n) is 1.84. The highest BCUT2D eigenvalue weighted by Crippen LogP contribution is 2.09. The average Bonchev–Trinajstić information content (AvgIpc) is 2.43. The Labute approximate surface area is 124 Å². The molecule has 0 aliphatic rings. The zero-order valence-electron chi connectivity index (χ0n) is 11.1. The zero-order chi connectivity index (χ0) is 13.9. The number of anilines is 3. The Bertz CT molecular complexity index is 482. The summed E-state index contributed by atoms with van der Waals surface area (Å²) in [6.45, 7) is 3.22. The predicted octanol–water partition coefficient (Wildman–Crippen LogP) is 1.14. The molecule has 0 atom stereocenters. The lowest BCUT2D eigenvalue weighted by Gasteiger charge is -2.09. The minimum Gasteiger partial charge on any atom is -0.354 e. The van der Waals surface area contributed by atoms with E-state index in [0.717, 1.165) is 13.0 Å². The topological polar surface area (TPSA) is 84.0 Å². The molecule has 108 valence electrons. The molecule has 1 aromatic heterocycles. The molecule has 3 N–H and O–H groups in total. The van der Waals surface area contributed by atoms with Gasteiger partial charge in [0.25, 0.3) is 5.95 Å². The molecule has 0 unspecified atom stereocenters. The van der Waals surface area contributed by atoms with E-state index in [0.29, 0.717) is 18.4 Å².